The number of amides is 1. The van der Waals surface area contributed by atoms with Gasteiger partial charge in [-0.15, -0.1) is 0 Å². The molecule has 0 aromatic heterocycles. The Kier molecular flexibility index (Phi) is 3.57. The fourth-order valence-corrected chi connectivity index (χ4v) is 2.34. The van der Waals surface area contributed by atoms with E-state index in [0.717, 1.165) is 6.42 Å². The lowest BCUT2D eigenvalue weighted by molar-refractivity contribution is -0.157. The van der Waals surface area contributed by atoms with Crippen molar-refractivity contribution in [3.05, 3.63) is 29.3 Å². The van der Waals surface area contributed by atoms with Crippen molar-refractivity contribution < 1.29 is 14.7 Å². The lowest BCUT2D eigenvalue weighted by Crippen LogP contribution is -2.41. The van der Waals surface area contributed by atoms with Crippen LogP contribution in [0, 0.1) is 5.41 Å². The van der Waals surface area contributed by atoms with Crippen LogP contribution < -0.4 is 5.32 Å². The summed E-state index contributed by atoms with van der Waals surface area (Å²) in [6.07, 6.45) is 2.04. The summed E-state index contributed by atoms with van der Waals surface area (Å²) >= 11 is 5.80. The smallest absolute Gasteiger partial charge is 0.310 e. The van der Waals surface area contributed by atoms with E-state index >= 15 is 0 Å². The number of aliphatic carboxylic acids is 1. The third-order valence-corrected chi connectivity index (χ3v) is 3.61. The molecule has 1 saturated carbocycles. The van der Waals surface area contributed by atoms with Gasteiger partial charge in [0.25, 0.3) is 0 Å². The van der Waals surface area contributed by atoms with Gasteiger partial charge in [-0.2, -0.15) is 0 Å². The van der Waals surface area contributed by atoms with Gasteiger partial charge in [-0.05, 0) is 31.0 Å². The highest BCUT2D eigenvalue weighted by molar-refractivity contribution is 6.30. The van der Waals surface area contributed by atoms with Crippen molar-refractivity contribution in [2.24, 2.45) is 5.41 Å². The second kappa shape index (κ2) is 4.98. The fourth-order valence-electron chi connectivity index (χ4n) is 2.15. The molecule has 0 atom stereocenters. The van der Waals surface area contributed by atoms with Crippen molar-refractivity contribution >= 4 is 29.2 Å². The SMILES string of the molecule is O=C(CC1(C(=O)O)CCC1)Nc1cccc(Cl)c1. The largest absolute Gasteiger partial charge is 0.481 e. The van der Waals surface area contributed by atoms with E-state index < -0.39 is 11.4 Å². The zero-order valence-electron chi connectivity index (χ0n) is 9.78. The third kappa shape index (κ3) is 2.64. The van der Waals surface area contributed by atoms with Crippen LogP contribution >= 0.6 is 11.6 Å². The molecule has 0 saturated heterocycles. The van der Waals surface area contributed by atoms with Crippen molar-refractivity contribution in [3.8, 4) is 0 Å². The zero-order valence-corrected chi connectivity index (χ0v) is 10.5. The van der Waals surface area contributed by atoms with Crippen molar-refractivity contribution in [3.63, 3.8) is 0 Å². The first-order valence-electron chi connectivity index (χ1n) is 5.81. The first kappa shape index (κ1) is 12.9. The Morgan fingerprint density at radius 3 is 2.61 bits per heavy atom. The van der Waals surface area contributed by atoms with Gasteiger partial charge in [0.1, 0.15) is 0 Å². The molecule has 0 bridgehead atoms. The minimum Gasteiger partial charge on any atom is -0.481 e. The number of hydrogen-bond donors (Lipinski definition) is 2. The van der Waals surface area contributed by atoms with Gasteiger partial charge in [0, 0.05) is 17.1 Å². The molecule has 1 aliphatic rings. The van der Waals surface area contributed by atoms with Crippen LogP contribution in [0.3, 0.4) is 0 Å². The molecule has 4 nitrogen and oxygen atoms in total. The third-order valence-electron chi connectivity index (χ3n) is 3.37. The maximum atomic E-state index is 11.8. The van der Waals surface area contributed by atoms with E-state index in [-0.39, 0.29) is 12.3 Å². The van der Waals surface area contributed by atoms with Crippen molar-refractivity contribution in [2.45, 2.75) is 25.7 Å². The minimum atomic E-state index is -0.880. The predicted octanol–water partition coefficient (Wildman–Crippen LogP) is 2.92. The Bertz CT molecular complexity index is 483. The number of carboxylic acid groups (broad SMARTS) is 1. The van der Waals surface area contributed by atoms with Gasteiger partial charge in [0.15, 0.2) is 0 Å². The summed E-state index contributed by atoms with van der Waals surface area (Å²) in [4.78, 5) is 23.0. The highest BCUT2D eigenvalue weighted by atomic mass is 35.5. The number of carbonyl (C=O) groups excluding carboxylic acids is 1. The van der Waals surface area contributed by atoms with Crippen LogP contribution in [0.25, 0.3) is 0 Å². The molecule has 0 spiro atoms. The van der Waals surface area contributed by atoms with Gasteiger partial charge in [-0.3, -0.25) is 9.59 Å². The molecular formula is C13H14ClNO3. The topological polar surface area (TPSA) is 66.4 Å². The van der Waals surface area contributed by atoms with Gasteiger partial charge in [-0.25, -0.2) is 0 Å². The average molecular weight is 268 g/mol. The highest BCUT2D eigenvalue weighted by Gasteiger charge is 2.45. The number of anilines is 1. The number of carbonyl (C=O) groups is 2. The van der Waals surface area contributed by atoms with Crippen molar-refractivity contribution in [1.29, 1.82) is 0 Å². The van der Waals surface area contributed by atoms with Crippen LogP contribution in [0.4, 0.5) is 5.69 Å². The van der Waals surface area contributed by atoms with Gasteiger partial charge in [-0.1, -0.05) is 24.1 Å². The maximum Gasteiger partial charge on any atom is 0.310 e. The summed E-state index contributed by atoms with van der Waals surface area (Å²) in [6.45, 7) is 0. The summed E-state index contributed by atoms with van der Waals surface area (Å²) in [6, 6.07) is 6.79. The molecule has 1 amide bonds. The first-order valence-corrected chi connectivity index (χ1v) is 6.18. The number of hydrogen-bond acceptors (Lipinski definition) is 2. The fraction of sp³-hybridized carbons (Fsp3) is 0.385. The molecule has 18 heavy (non-hydrogen) atoms. The maximum absolute atomic E-state index is 11.8. The van der Waals surface area contributed by atoms with Crippen LogP contribution in [0.2, 0.25) is 5.02 Å². The monoisotopic (exact) mass is 267 g/mol. The van der Waals surface area contributed by atoms with E-state index in [2.05, 4.69) is 5.32 Å². The van der Waals surface area contributed by atoms with E-state index in [1.807, 2.05) is 0 Å². The molecule has 0 radical (unpaired) electrons. The quantitative estimate of drug-likeness (QED) is 0.881. The second-order valence-electron chi connectivity index (χ2n) is 4.67. The Morgan fingerprint density at radius 2 is 2.11 bits per heavy atom. The zero-order chi connectivity index (χ0) is 13.2. The summed E-state index contributed by atoms with van der Waals surface area (Å²) in [5.41, 5.74) is -0.268. The number of carboxylic acids is 1. The Balaban J connectivity index is 1.99. The Morgan fingerprint density at radius 1 is 1.39 bits per heavy atom. The van der Waals surface area contributed by atoms with E-state index in [4.69, 9.17) is 16.7 Å². The van der Waals surface area contributed by atoms with Crippen LogP contribution in [-0.4, -0.2) is 17.0 Å². The first-order chi connectivity index (χ1) is 8.52. The Labute approximate surface area is 110 Å². The molecule has 2 N–H and O–H groups in total. The standard InChI is InChI=1S/C13H14ClNO3/c14-9-3-1-4-10(7-9)15-11(16)8-13(12(17)18)5-2-6-13/h1,3-4,7H,2,5-6,8H2,(H,15,16)(H,17,18). The van der Waals surface area contributed by atoms with Crippen molar-refractivity contribution in [1.82, 2.24) is 0 Å². The molecule has 0 unspecified atom stereocenters. The number of halogens is 1. The van der Waals surface area contributed by atoms with Crippen LogP contribution in [-0.2, 0) is 9.59 Å². The molecule has 1 fully saturated rings. The summed E-state index contributed by atoms with van der Waals surface area (Å²) in [5.74, 6) is -1.16. The van der Waals surface area contributed by atoms with Gasteiger partial charge in [0.2, 0.25) is 5.91 Å². The summed E-state index contributed by atoms with van der Waals surface area (Å²) < 4.78 is 0. The van der Waals surface area contributed by atoms with E-state index in [1.54, 1.807) is 24.3 Å². The lowest BCUT2D eigenvalue weighted by atomic mass is 9.66. The van der Waals surface area contributed by atoms with E-state index in [0.29, 0.717) is 23.6 Å². The van der Waals surface area contributed by atoms with E-state index in [1.165, 1.54) is 0 Å². The van der Waals surface area contributed by atoms with Crippen LogP contribution in [0.15, 0.2) is 24.3 Å². The predicted molar refractivity (Wildman–Crippen MR) is 68.6 cm³/mol. The molecule has 2 rings (SSSR count). The normalized spacial score (nSPS) is 16.7. The summed E-state index contributed by atoms with van der Waals surface area (Å²) in [5, 5.41) is 12.3. The number of rotatable bonds is 4. The molecular weight excluding hydrogens is 254 g/mol. The molecule has 1 aromatic carbocycles. The van der Waals surface area contributed by atoms with Crippen molar-refractivity contribution in [2.75, 3.05) is 5.32 Å². The lowest BCUT2D eigenvalue weighted by Gasteiger charge is -2.36. The molecule has 0 aliphatic heterocycles. The summed E-state index contributed by atoms with van der Waals surface area (Å²) in [7, 11) is 0. The van der Waals surface area contributed by atoms with Gasteiger partial charge in [0.05, 0.1) is 5.41 Å². The van der Waals surface area contributed by atoms with Gasteiger partial charge >= 0.3 is 5.97 Å². The molecule has 96 valence electrons. The average Bonchev–Trinajstić information content (AvgIpc) is 2.23. The molecule has 1 aliphatic carbocycles. The molecule has 1 aromatic rings. The number of nitrogens with one attached hydrogen (secondary N) is 1. The number of benzene rings is 1. The molecule has 5 heteroatoms. The van der Waals surface area contributed by atoms with E-state index in [9.17, 15) is 9.59 Å². The van der Waals surface area contributed by atoms with Crippen LogP contribution in [0.1, 0.15) is 25.7 Å². The van der Waals surface area contributed by atoms with Gasteiger partial charge < -0.3 is 10.4 Å². The Hall–Kier alpha value is -1.55. The highest BCUT2D eigenvalue weighted by Crippen LogP contribution is 2.44. The minimum absolute atomic E-state index is 0.0227. The van der Waals surface area contributed by atoms with Crippen LogP contribution in [0.5, 0.6) is 0 Å². The second-order valence-corrected chi connectivity index (χ2v) is 5.11. The molecule has 0 heterocycles.